The molecule has 1 heterocycles. The largest absolute Gasteiger partial charge is 0.444 e. The Morgan fingerprint density at radius 1 is 1.00 bits per heavy atom. The molecule has 2 aromatic carbocycles. The monoisotopic (exact) mass is 348 g/mol. The number of aromatic nitrogens is 1. The molecule has 0 radical (unpaired) electrons. The summed E-state index contributed by atoms with van der Waals surface area (Å²) in [6.45, 7) is 7.00. The number of para-hydroxylation sites is 1. The summed E-state index contributed by atoms with van der Waals surface area (Å²) in [5, 5.41) is 6.61. The fourth-order valence-electron chi connectivity index (χ4n) is 2.44. The van der Waals surface area contributed by atoms with Crippen LogP contribution in [0.1, 0.15) is 28.5 Å². The third-order valence-electron chi connectivity index (χ3n) is 4.06. The van der Waals surface area contributed by atoms with E-state index in [1.54, 1.807) is 0 Å². The molecule has 5 heteroatoms. The average molecular weight is 348 g/mol. The molecule has 5 nitrogen and oxygen atoms in total. The number of guanidine groups is 1. The van der Waals surface area contributed by atoms with Crippen LogP contribution in [0.3, 0.4) is 0 Å². The molecule has 0 unspecified atom stereocenters. The summed E-state index contributed by atoms with van der Waals surface area (Å²) >= 11 is 0. The molecule has 0 saturated heterocycles. The fourth-order valence-corrected chi connectivity index (χ4v) is 2.44. The Morgan fingerprint density at radius 2 is 1.73 bits per heavy atom. The highest BCUT2D eigenvalue weighted by atomic mass is 16.4. The Balaban J connectivity index is 1.71. The predicted octanol–water partition coefficient (Wildman–Crippen LogP) is 4.36. The van der Waals surface area contributed by atoms with E-state index >= 15 is 0 Å². The average Bonchev–Trinajstić information content (AvgIpc) is 2.97. The van der Waals surface area contributed by atoms with Crippen LogP contribution in [0, 0.1) is 20.8 Å². The van der Waals surface area contributed by atoms with Crippen molar-refractivity contribution in [2.45, 2.75) is 33.9 Å². The van der Waals surface area contributed by atoms with E-state index < -0.39 is 0 Å². The van der Waals surface area contributed by atoms with E-state index in [0.717, 1.165) is 22.7 Å². The van der Waals surface area contributed by atoms with E-state index in [9.17, 15) is 0 Å². The lowest BCUT2D eigenvalue weighted by Gasteiger charge is -2.11. The van der Waals surface area contributed by atoms with E-state index in [-0.39, 0.29) is 0 Å². The van der Waals surface area contributed by atoms with E-state index in [1.807, 2.05) is 44.2 Å². The molecular formula is C21H24N4O. The van der Waals surface area contributed by atoms with E-state index in [4.69, 9.17) is 4.42 Å². The number of benzene rings is 2. The minimum Gasteiger partial charge on any atom is -0.444 e. The second-order valence-electron chi connectivity index (χ2n) is 6.24. The first-order chi connectivity index (χ1) is 12.6. The van der Waals surface area contributed by atoms with Gasteiger partial charge in [-0.25, -0.2) is 9.98 Å². The molecule has 0 aliphatic carbocycles. The van der Waals surface area contributed by atoms with Gasteiger partial charge >= 0.3 is 0 Å². The Morgan fingerprint density at radius 3 is 2.38 bits per heavy atom. The van der Waals surface area contributed by atoms with Crippen LogP contribution in [-0.4, -0.2) is 10.9 Å². The van der Waals surface area contributed by atoms with Crippen LogP contribution in [0.2, 0.25) is 0 Å². The fraction of sp³-hybridized carbons (Fsp3) is 0.238. The van der Waals surface area contributed by atoms with Crippen molar-refractivity contribution in [2.75, 3.05) is 5.32 Å². The summed E-state index contributed by atoms with van der Waals surface area (Å²) in [4.78, 5) is 9.09. The van der Waals surface area contributed by atoms with Gasteiger partial charge in [-0.15, -0.1) is 0 Å². The smallest absolute Gasteiger partial charge is 0.214 e. The molecule has 0 saturated carbocycles. The third-order valence-corrected chi connectivity index (χ3v) is 4.06. The number of aryl methyl sites for hydroxylation is 3. The molecule has 2 N–H and O–H groups in total. The highest BCUT2D eigenvalue weighted by Crippen LogP contribution is 2.09. The zero-order valence-electron chi connectivity index (χ0n) is 15.4. The number of nitrogens with zero attached hydrogens (tertiary/aromatic N) is 2. The Bertz CT molecular complexity index is 847. The number of oxazole rings is 1. The standard InChI is InChI=1S/C21H24N4O/c1-15-9-11-18(12-10-15)13-22-21(25-19-7-5-4-6-8-19)23-14-20-24-16(2)17(3)26-20/h4-12H,13-14H2,1-3H3,(H2,22,23,25). The maximum Gasteiger partial charge on any atom is 0.214 e. The van der Waals surface area contributed by atoms with Crippen molar-refractivity contribution < 1.29 is 4.42 Å². The maximum absolute atomic E-state index is 5.63. The van der Waals surface area contributed by atoms with Gasteiger partial charge in [-0.1, -0.05) is 48.0 Å². The van der Waals surface area contributed by atoms with Crippen LogP contribution >= 0.6 is 0 Å². The molecule has 0 amide bonds. The molecule has 0 spiro atoms. The molecule has 0 fully saturated rings. The van der Waals surface area contributed by atoms with Crippen molar-refractivity contribution in [1.29, 1.82) is 0 Å². The van der Waals surface area contributed by atoms with Gasteiger partial charge in [-0.05, 0) is 38.5 Å². The van der Waals surface area contributed by atoms with Crippen molar-refractivity contribution in [3.63, 3.8) is 0 Å². The first-order valence-corrected chi connectivity index (χ1v) is 8.69. The number of nitrogens with one attached hydrogen (secondary N) is 2. The summed E-state index contributed by atoms with van der Waals surface area (Å²) in [6, 6.07) is 18.4. The number of hydrogen-bond donors (Lipinski definition) is 2. The van der Waals surface area contributed by atoms with Crippen LogP contribution in [-0.2, 0) is 13.1 Å². The molecule has 3 aromatic rings. The molecule has 0 atom stereocenters. The van der Waals surface area contributed by atoms with Crippen LogP contribution in [0.5, 0.6) is 0 Å². The number of aliphatic imine (C=N–C) groups is 1. The van der Waals surface area contributed by atoms with Gasteiger partial charge in [-0.3, -0.25) is 0 Å². The second kappa shape index (κ2) is 8.34. The van der Waals surface area contributed by atoms with Crippen molar-refractivity contribution in [1.82, 2.24) is 10.3 Å². The second-order valence-corrected chi connectivity index (χ2v) is 6.24. The molecule has 0 bridgehead atoms. The molecule has 0 aliphatic heterocycles. The summed E-state index contributed by atoms with van der Waals surface area (Å²) in [7, 11) is 0. The summed E-state index contributed by atoms with van der Waals surface area (Å²) in [5.74, 6) is 2.18. The van der Waals surface area contributed by atoms with E-state index in [2.05, 4.69) is 51.8 Å². The minimum absolute atomic E-state index is 0.473. The molecule has 134 valence electrons. The zero-order chi connectivity index (χ0) is 18.4. The maximum atomic E-state index is 5.63. The Labute approximate surface area is 154 Å². The Kier molecular flexibility index (Phi) is 5.69. The van der Waals surface area contributed by atoms with Crippen LogP contribution in [0.25, 0.3) is 0 Å². The van der Waals surface area contributed by atoms with Crippen LogP contribution in [0.4, 0.5) is 5.69 Å². The van der Waals surface area contributed by atoms with E-state index in [1.165, 1.54) is 5.56 Å². The lowest BCUT2D eigenvalue weighted by molar-refractivity contribution is 0.465. The van der Waals surface area contributed by atoms with E-state index in [0.29, 0.717) is 24.9 Å². The predicted molar refractivity (Wildman–Crippen MR) is 105 cm³/mol. The van der Waals surface area contributed by atoms with Gasteiger partial charge < -0.3 is 15.1 Å². The summed E-state index contributed by atoms with van der Waals surface area (Å²) in [5.41, 5.74) is 4.29. The summed E-state index contributed by atoms with van der Waals surface area (Å²) in [6.07, 6.45) is 0. The van der Waals surface area contributed by atoms with Crippen molar-refractivity contribution in [3.8, 4) is 0 Å². The molecule has 3 rings (SSSR count). The normalized spacial score (nSPS) is 11.4. The van der Waals surface area contributed by atoms with Gasteiger partial charge in [0, 0.05) is 5.69 Å². The quantitative estimate of drug-likeness (QED) is 0.531. The Hall–Kier alpha value is -3.08. The van der Waals surface area contributed by atoms with Crippen molar-refractivity contribution in [3.05, 3.63) is 83.1 Å². The SMILES string of the molecule is Cc1ccc(CN=C(NCc2nc(C)c(C)o2)Nc2ccccc2)cc1. The number of hydrogen-bond acceptors (Lipinski definition) is 3. The lowest BCUT2D eigenvalue weighted by Crippen LogP contribution is -2.30. The number of anilines is 1. The summed E-state index contributed by atoms with van der Waals surface area (Å²) < 4.78 is 5.63. The van der Waals surface area contributed by atoms with Gasteiger partial charge in [0.15, 0.2) is 5.96 Å². The van der Waals surface area contributed by atoms with Gasteiger partial charge in [-0.2, -0.15) is 0 Å². The van der Waals surface area contributed by atoms with Gasteiger partial charge in [0.2, 0.25) is 5.89 Å². The van der Waals surface area contributed by atoms with Crippen LogP contribution < -0.4 is 10.6 Å². The third kappa shape index (κ3) is 4.96. The van der Waals surface area contributed by atoms with Crippen LogP contribution in [0.15, 0.2) is 64.0 Å². The molecule has 0 aliphatic rings. The molecule has 26 heavy (non-hydrogen) atoms. The first-order valence-electron chi connectivity index (χ1n) is 8.69. The van der Waals surface area contributed by atoms with Crippen molar-refractivity contribution in [2.24, 2.45) is 4.99 Å². The lowest BCUT2D eigenvalue weighted by atomic mass is 10.1. The highest BCUT2D eigenvalue weighted by molar-refractivity contribution is 5.93. The van der Waals surface area contributed by atoms with Gasteiger partial charge in [0.05, 0.1) is 18.8 Å². The molecular weight excluding hydrogens is 324 g/mol. The van der Waals surface area contributed by atoms with Crippen molar-refractivity contribution >= 4 is 11.6 Å². The highest BCUT2D eigenvalue weighted by Gasteiger charge is 2.07. The number of rotatable bonds is 5. The van der Waals surface area contributed by atoms with Gasteiger partial charge in [0.25, 0.3) is 0 Å². The van der Waals surface area contributed by atoms with Gasteiger partial charge in [0.1, 0.15) is 5.76 Å². The zero-order valence-corrected chi connectivity index (χ0v) is 15.4. The molecule has 1 aromatic heterocycles. The first kappa shape index (κ1) is 17.7. The minimum atomic E-state index is 0.473. The topological polar surface area (TPSA) is 62.5 Å².